The van der Waals surface area contributed by atoms with E-state index in [-0.39, 0.29) is 11.7 Å². The number of ketones is 1. The number of rotatable bonds is 6. The van der Waals surface area contributed by atoms with E-state index >= 15 is 0 Å². The van der Waals surface area contributed by atoms with E-state index in [2.05, 4.69) is 20.5 Å². The van der Waals surface area contributed by atoms with Gasteiger partial charge in [-0.3, -0.25) is 14.6 Å². The average Bonchev–Trinajstić information content (AvgIpc) is 3.41. The minimum absolute atomic E-state index is 0.207. The van der Waals surface area contributed by atoms with Gasteiger partial charge in [0.25, 0.3) is 5.91 Å². The first-order valence-electron chi connectivity index (χ1n) is 11.9. The highest BCUT2D eigenvalue weighted by Crippen LogP contribution is 2.24. The molecule has 0 aliphatic carbocycles. The van der Waals surface area contributed by atoms with Crippen LogP contribution >= 0.6 is 0 Å². The number of amides is 1. The maximum atomic E-state index is 13.3. The largest absolute Gasteiger partial charge is 0.322 e. The SMILES string of the molecule is O=C(Nc1cccc(-c2ccc3nnc(-c4cccnc4)n3n2)c1)c1ccccc1C(=O)c1ccccc1. The molecule has 3 aromatic heterocycles. The van der Waals surface area contributed by atoms with Crippen molar-refractivity contribution in [1.82, 2.24) is 24.8 Å². The van der Waals surface area contributed by atoms with Gasteiger partial charge in [-0.05, 0) is 42.5 Å². The molecule has 8 heteroatoms. The highest BCUT2D eigenvalue weighted by atomic mass is 16.2. The number of benzene rings is 3. The van der Waals surface area contributed by atoms with Gasteiger partial charge >= 0.3 is 0 Å². The van der Waals surface area contributed by atoms with E-state index < -0.39 is 0 Å². The first-order chi connectivity index (χ1) is 18.7. The summed E-state index contributed by atoms with van der Waals surface area (Å²) >= 11 is 0. The lowest BCUT2D eigenvalue weighted by atomic mass is 9.98. The Bertz CT molecular complexity index is 1780. The molecular weight excluding hydrogens is 476 g/mol. The second-order valence-electron chi connectivity index (χ2n) is 8.53. The fourth-order valence-corrected chi connectivity index (χ4v) is 4.20. The summed E-state index contributed by atoms with van der Waals surface area (Å²) in [5, 5.41) is 16.1. The lowest BCUT2D eigenvalue weighted by Gasteiger charge is -2.11. The third kappa shape index (κ3) is 4.42. The standard InChI is InChI=1S/C30H20N6O2/c37-28(20-8-2-1-3-9-20)24-13-4-5-14-25(24)30(38)32-23-12-6-10-21(18-23)26-15-16-27-33-34-29(36(27)35-26)22-11-7-17-31-19-22/h1-19H,(H,32,38). The Hall–Kier alpha value is -5.50. The van der Waals surface area contributed by atoms with Crippen molar-refractivity contribution in [2.24, 2.45) is 0 Å². The normalized spacial score (nSPS) is 10.8. The van der Waals surface area contributed by atoms with E-state index in [1.165, 1.54) is 0 Å². The second kappa shape index (κ2) is 9.87. The quantitative estimate of drug-likeness (QED) is 0.313. The van der Waals surface area contributed by atoms with Gasteiger partial charge in [0.05, 0.1) is 11.3 Å². The highest BCUT2D eigenvalue weighted by Gasteiger charge is 2.18. The van der Waals surface area contributed by atoms with Gasteiger partial charge in [-0.25, -0.2) is 0 Å². The van der Waals surface area contributed by atoms with Crippen LogP contribution in [0.3, 0.4) is 0 Å². The molecular formula is C30H20N6O2. The van der Waals surface area contributed by atoms with Gasteiger partial charge in [-0.1, -0.05) is 60.7 Å². The Labute approximate surface area is 217 Å². The summed E-state index contributed by atoms with van der Waals surface area (Å²) in [4.78, 5) is 30.5. The number of carbonyl (C=O) groups is 2. The Kier molecular flexibility index (Phi) is 5.95. The molecule has 6 rings (SSSR count). The number of carbonyl (C=O) groups excluding carboxylic acids is 2. The number of hydrogen-bond acceptors (Lipinski definition) is 6. The number of nitrogens with zero attached hydrogens (tertiary/aromatic N) is 5. The molecule has 3 aromatic carbocycles. The van der Waals surface area contributed by atoms with Crippen LogP contribution in [0.15, 0.2) is 116 Å². The number of aromatic nitrogens is 5. The van der Waals surface area contributed by atoms with Crippen LogP contribution in [0.1, 0.15) is 26.3 Å². The molecule has 0 spiro atoms. The predicted molar refractivity (Wildman–Crippen MR) is 144 cm³/mol. The van der Waals surface area contributed by atoms with E-state index in [0.29, 0.717) is 39.5 Å². The van der Waals surface area contributed by atoms with Gasteiger partial charge in [0.1, 0.15) is 0 Å². The molecule has 1 N–H and O–H groups in total. The lowest BCUT2D eigenvalue weighted by Crippen LogP contribution is -2.17. The Balaban J connectivity index is 1.29. The van der Waals surface area contributed by atoms with Gasteiger partial charge in [0.2, 0.25) is 0 Å². The molecule has 0 radical (unpaired) electrons. The van der Waals surface area contributed by atoms with Crippen molar-refractivity contribution in [1.29, 1.82) is 0 Å². The van der Waals surface area contributed by atoms with Crippen LogP contribution in [0, 0.1) is 0 Å². The fraction of sp³-hybridized carbons (Fsp3) is 0. The van der Waals surface area contributed by atoms with Gasteiger partial charge in [-0.15, -0.1) is 10.2 Å². The third-order valence-electron chi connectivity index (χ3n) is 6.05. The zero-order valence-electron chi connectivity index (χ0n) is 20.0. The molecule has 0 saturated carbocycles. The predicted octanol–water partition coefficient (Wildman–Crippen LogP) is 5.34. The van der Waals surface area contributed by atoms with Crippen molar-refractivity contribution in [2.45, 2.75) is 0 Å². The van der Waals surface area contributed by atoms with Crippen molar-refractivity contribution in [3.63, 3.8) is 0 Å². The molecule has 0 fully saturated rings. The molecule has 3 heterocycles. The topological polar surface area (TPSA) is 102 Å². The summed E-state index contributed by atoms with van der Waals surface area (Å²) in [5.74, 6) is 0.00294. The zero-order chi connectivity index (χ0) is 25.9. The molecule has 8 nitrogen and oxygen atoms in total. The van der Waals surface area contributed by atoms with Gasteiger partial charge < -0.3 is 5.32 Å². The number of hydrogen-bond donors (Lipinski definition) is 1. The number of nitrogens with one attached hydrogen (secondary N) is 1. The fourth-order valence-electron chi connectivity index (χ4n) is 4.20. The average molecular weight is 497 g/mol. The minimum atomic E-state index is -0.372. The van der Waals surface area contributed by atoms with E-state index in [4.69, 9.17) is 5.10 Å². The Morgan fingerprint density at radius 2 is 1.50 bits per heavy atom. The first kappa shape index (κ1) is 22.9. The van der Waals surface area contributed by atoms with Crippen LogP contribution in [0.4, 0.5) is 5.69 Å². The molecule has 0 bridgehead atoms. The van der Waals surface area contributed by atoms with Crippen LogP contribution in [-0.2, 0) is 0 Å². The molecule has 182 valence electrons. The van der Waals surface area contributed by atoms with Crippen molar-refractivity contribution in [2.75, 3.05) is 5.32 Å². The molecule has 0 unspecified atom stereocenters. The molecule has 0 aliphatic rings. The van der Waals surface area contributed by atoms with E-state index in [9.17, 15) is 9.59 Å². The first-order valence-corrected chi connectivity index (χ1v) is 11.9. The molecule has 0 atom stereocenters. The Morgan fingerprint density at radius 3 is 2.32 bits per heavy atom. The van der Waals surface area contributed by atoms with Crippen LogP contribution < -0.4 is 5.32 Å². The number of anilines is 1. The molecule has 0 aliphatic heterocycles. The molecule has 6 aromatic rings. The number of fused-ring (bicyclic) bond motifs is 1. The molecule has 0 saturated heterocycles. The summed E-state index contributed by atoms with van der Waals surface area (Å²) in [6, 6.07) is 30.5. The van der Waals surface area contributed by atoms with Crippen LogP contribution in [0.2, 0.25) is 0 Å². The van der Waals surface area contributed by atoms with Gasteiger partial charge in [-0.2, -0.15) is 9.61 Å². The molecule has 38 heavy (non-hydrogen) atoms. The third-order valence-corrected chi connectivity index (χ3v) is 6.05. The smallest absolute Gasteiger partial charge is 0.256 e. The monoisotopic (exact) mass is 496 g/mol. The van der Waals surface area contributed by atoms with Crippen molar-refractivity contribution >= 4 is 23.0 Å². The summed E-state index contributed by atoms with van der Waals surface area (Å²) in [6.45, 7) is 0. The van der Waals surface area contributed by atoms with Crippen molar-refractivity contribution in [3.05, 3.63) is 132 Å². The van der Waals surface area contributed by atoms with E-state index in [0.717, 1.165) is 11.1 Å². The van der Waals surface area contributed by atoms with E-state index in [1.807, 2.05) is 48.5 Å². The summed E-state index contributed by atoms with van der Waals surface area (Å²) in [6.07, 6.45) is 3.41. The minimum Gasteiger partial charge on any atom is -0.322 e. The second-order valence-corrected chi connectivity index (χ2v) is 8.53. The Morgan fingerprint density at radius 1 is 0.711 bits per heavy atom. The van der Waals surface area contributed by atoms with Crippen molar-refractivity contribution in [3.8, 4) is 22.6 Å². The van der Waals surface area contributed by atoms with Crippen LogP contribution in [0.25, 0.3) is 28.3 Å². The van der Waals surface area contributed by atoms with Gasteiger partial charge in [0, 0.05) is 40.3 Å². The zero-order valence-corrected chi connectivity index (χ0v) is 20.0. The summed E-state index contributed by atoms with van der Waals surface area (Å²) < 4.78 is 1.67. The van der Waals surface area contributed by atoms with E-state index in [1.54, 1.807) is 71.5 Å². The maximum Gasteiger partial charge on any atom is 0.256 e. The van der Waals surface area contributed by atoms with Crippen LogP contribution in [-0.4, -0.2) is 36.5 Å². The van der Waals surface area contributed by atoms with Crippen molar-refractivity contribution < 1.29 is 9.59 Å². The number of pyridine rings is 1. The lowest BCUT2D eigenvalue weighted by molar-refractivity contribution is 0.0996. The summed E-state index contributed by atoms with van der Waals surface area (Å²) in [7, 11) is 0. The van der Waals surface area contributed by atoms with Gasteiger partial charge in [0.15, 0.2) is 17.3 Å². The maximum absolute atomic E-state index is 13.3. The summed E-state index contributed by atoms with van der Waals surface area (Å²) in [5.41, 5.74) is 4.63. The highest BCUT2D eigenvalue weighted by molar-refractivity contribution is 6.17. The van der Waals surface area contributed by atoms with Crippen LogP contribution in [0.5, 0.6) is 0 Å². The molecule has 1 amide bonds.